The Morgan fingerprint density at radius 3 is 2.88 bits per heavy atom. The van der Waals surface area contributed by atoms with Crippen molar-refractivity contribution in [3.63, 3.8) is 0 Å². The van der Waals surface area contributed by atoms with Crippen LogP contribution in [0.15, 0.2) is 11.2 Å². The summed E-state index contributed by atoms with van der Waals surface area (Å²) in [4.78, 5) is 3.01. The van der Waals surface area contributed by atoms with E-state index in [4.69, 9.17) is 16.3 Å². The second kappa shape index (κ2) is 5.90. The van der Waals surface area contributed by atoms with Crippen LogP contribution < -0.4 is 5.43 Å². The van der Waals surface area contributed by atoms with E-state index < -0.39 is 18.1 Å². The summed E-state index contributed by atoms with van der Waals surface area (Å²) in [6.07, 6.45) is 1.45. The predicted octanol–water partition coefficient (Wildman–Crippen LogP) is 3.41. The number of nitrogens with zero attached hydrogens (tertiary/aromatic N) is 2. The van der Waals surface area contributed by atoms with Crippen molar-refractivity contribution >= 4 is 28.6 Å². The highest BCUT2D eigenvalue weighted by Crippen LogP contribution is 2.52. The molecule has 0 aliphatic carbocycles. The van der Waals surface area contributed by atoms with Crippen LogP contribution in [-0.4, -0.2) is 43.4 Å². The van der Waals surface area contributed by atoms with Crippen LogP contribution in [0.5, 0.6) is 0 Å². The molecule has 3 aliphatic rings. The van der Waals surface area contributed by atoms with E-state index in [2.05, 4.69) is 15.4 Å². The maximum atomic E-state index is 14.1. The number of piperidine rings is 1. The fourth-order valence-corrected chi connectivity index (χ4v) is 5.32. The minimum atomic E-state index is -2.94. The first-order valence-corrected chi connectivity index (χ1v) is 9.41. The minimum absolute atomic E-state index is 0.0696. The van der Waals surface area contributed by atoms with Gasteiger partial charge in [-0.1, -0.05) is 11.6 Å². The summed E-state index contributed by atoms with van der Waals surface area (Å²) in [6, 6.07) is 1.42. The number of hydrogen-bond donors (Lipinski definition) is 1. The quantitative estimate of drug-likeness (QED) is 0.860. The molecule has 1 atom stereocenters. The van der Waals surface area contributed by atoms with Crippen molar-refractivity contribution in [1.29, 1.82) is 0 Å². The van der Waals surface area contributed by atoms with Crippen molar-refractivity contribution in [3.8, 4) is 0 Å². The van der Waals surface area contributed by atoms with E-state index in [1.807, 2.05) is 6.92 Å². The summed E-state index contributed by atoms with van der Waals surface area (Å²) in [7, 11) is 0. The third-order valence-electron chi connectivity index (χ3n) is 5.37. The van der Waals surface area contributed by atoms with E-state index in [0.717, 1.165) is 44.7 Å². The van der Waals surface area contributed by atoms with Crippen molar-refractivity contribution in [2.45, 2.75) is 31.3 Å². The Hall–Kier alpha value is -0.760. The van der Waals surface area contributed by atoms with E-state index in [-0.39, 0.29) is 5.56 Å². The molecule has 24 heavy (non-hydrogen) atoms. The Bertz CT molecular complexity index is 670. The van der Waals surface area contributed by atoms with Gasteiger partial charge in [0.2, 0.25) is 0 Å². The molecule has 1 fully saturated rings. The lowest BCUT2D eigenvalue weighted by Crippen LogP contribution is -2.49. The number of hydrogen-bond acceptors (Lipinski definition) is 5. The lowest BCUT2D eigenvalue weighted by molar-refractivity contribution is -0.181. The van der Waals surface area contributed by atoms with Gasteiger partial charge >= 0.3 is 0 Å². The van der Waals surface area contributed by atoms with Crippen LogP contribution in [0, 0.1) is 5.92 Å². The van der Waals surface area contributed by atoms with Gasteiger partial charge in [-0.2, -0.15) is 13.9 Å². The van der Waals surface area contributed by atoms with Crippen molar-refractivity contribution in [3.05, 3.63) is 20.8 Å². The van der Waals surface area contributed by atoms with Crippen LogP contribution in [0.2, 0.25) is 4.34 Å². The number of rotatable bonds is 2. The number of thiophene rings is 1. The molecule has 1 unspecified atom stereocenters. The average molecular weight is 376 g/mol. The lowest BCUT2D eigenvalue weighted by Gasteiger charge is -2.45. The number of nitrogens with one attached hydrogen (secondary N) is 1. The van der Waals surface area contributed by atoms with Crippen molar-refractivity contribution in [2.24, 2.45) is 11.0 Å². The molecule has 0 radical (unpaired) electrons. The van der Waals surface area contributed by atoms with Crippen LogP contribution in [0.3, 0.4) is 0 Å². The second-order valence-electron chi connectivity index (χ2n) is 6.89. The summed E-state index contributed by atoms with van der Waals surface area (Å²) in [5, 5.41) is 4.23. The molecular formula is C16H20ClF2N3OS. The molecule has 132 valence electrons. The van der Waals surface area contributed by atoms with Crippen LogP contribution >= 0.6 is 22.9 Å². The Morgan fingerprint density at radius 1 is 1.46 bits per heavy atom. The monoisotopic (exact) mass is 375 g/mol. The van der Waals surface area contributed by atoms with Gasteiger partial charge < -0.3 is 15.1 Å². The topological polar surface area (TPSA) is 36.9 Å². The highest BCUT2D eigenvalue weighted by Gasteiger charge is 2.51. The third kappa shape index (κ3) is 2.75. The van der Waals surface area contributed by atoms with Crippen molar-refractivity contribution in [1.82, 2.24) is 10.3 Å². The van der Waals surface area contributed by atoms with Gasteiger partial charge in [-0.3, -0.25) is 0 Å². The fourth-order valence-electron chi connectivity index (χ4n) is 3.84. The first-order valence-electron chi connectivity index (χ1n) is 8.21. The molecule has 4 nitrogen and oxygen atoms in total. The Labute approximate surface area is 148 Å². The van der Waals surface area contributed by atoms with Crippen molar-refractivity contribution < 1.29 is 13.5 Å². The van der Waals surface area contributed by atoms with Crippen molar-refractivity contribution in [2.75, 3.05) is 32.8 Å². The van der Waals surface area contributed by atoms with E-state index >= 15 is 0 Å². The summed E-state index contributed by atoms with van der Waals surface area (Å²) in [6.45, 7) is 5.00. The molecule has 8 heteroatoms. The zero-order valence-corrected chi connectivity index (χ0v) is 15.0. The second-order valence-corrected chi connectivity index (χ2v) is 8.58. The van der Waals surface area contributed by atoms with Crippen LogP contribution in [-0.2, 0) is 16.3 Å². The molecule has 1 aromatic rings. The Kier molecular flexibility index (Phi) is 4.10. The Balaban J connectivity index is 1.49. The van der Waals surface area contributed by atoms with Crippen LogP contribution in [0.4, 0.5) is 8.78 Å². The molecule has 3 aliphatic heterocycles. The van der Waals surface area contributed by atoms with Crippen LogP contribution in [0.1, 0.15) is 30.2 Å². The molecule has 0 bridgehead atoms. The highest BCUT2D eigenvalue weighted by molar-refractivity contribution is 7.16. The summed E-state index contributed by atoms with van der Waals surface area (Å²) < 4.78 is 34.4. The number of halogens is 3. The molecule has 1 saturated heterocycles. The summed E-state index contributed by atoms with van der Waals surface area (Å²) in [5.41, 5.74) is 3.64. The number of ether oxygens (including phenoxy) is 1. The number of likely N-dealkylation sites (tertiary alicyclic amines) is 1. The summed E-state index contributed by atoms with van der Waals surface area (Å²) in [5.74, 6) is -2.51. The van der Waals surface area contributed by atoms with Gasteiger partial charge in [0.1, 0.15) is 12.2 Å². The molecule has 0 aromatic carbocycles. The molecule has 1 aromatic heterocycles. The third-order valence-corrected chi connectivity index (χ3v) is 6.82. The molecule has 4 heterocycles. The Morgan fingerprint density at radius 2 is 2.21 bits per heavy atom. The number of alkyl halides is 2. The van der Waals surface area contributed by atoms with Gasteiger partial charge in [-0.15, -0.1) is 11.3 Å². The predicted molar refractivity (Wildman–Crippen MR) is 91.1 cm³/mol. The lowest BCUT2D eigenvalue weighted by atomic mass is 9.84. The molecule has 1 N–H and O–H groups in total. The van der Waals surface area contributed by atoms with Gasteiger partial charge in [0.05, 0.1) is 4.34 Å². The zero-order chi connectivity index (χ0) is 16.9. The van der Waals surface area contributed by atoms with E-state index in [9.17, 15) is 8.78 Å². The SMILES string of the molecule is CC1=NNCC1CN1CCC2(CC1)OCC(F)(F)c1cc(Cl)sc12. The maximum Gasteiger partial charge on any atom is 0.297 e. The van der Waals surface area contributed by atoms with Gasteiger partial charge in [0, 0.05) is 48.2 Å². The van der Waals surface area contributed by atoms with Gasteiger partial charge in [-0.05, 0) is 25.8 Å². The fraction of sp³-hybridized carbons (Fsp3) is 0.688. The number of hydrazone groups is 1. The zero-order valence-electron chi connectivity index (χ0n) is 13.4. The molecule has 0 saturated carbocycles. The smallest absolute Gasteiger partial charge is 0.297 e. The molecule has 4 rings (SSSR count). The average Bonchev–Trinajstić information content (AvgIpc) is 3.13. The molecule has 1 spiro atoms. The summed E-state index contributed by atoms with van der Waals surface area (Å²) >= 11 is 7.28. The van der Waals surface area contributed by atoms with Gasteiger partial charge in [0.15, 0.2) is 0 Å². The first kappa shape index (κ1) is 16.7. The van der Waals surface area contributed by atoms with E-state index in [1.165, 1.54) is 17.4 Å². The van der Waals surface area contributed by atoms with E-state index in [0.29, 0.717) is 15.1 Å². The largest absolute Gasteiger partial charge is 0.363 e. The van der Waals surface area contributed by atoms with E-state index in [1.54, 1.807) is 0 Å². The van der Waals surface area contributed by atoms with Crippen LogP contribution in [0.25, 0.3) is 0 Å². The maximum absolute atomic E-state index is 14.1. The number of fused-ring (bicyclic) bond motifs is 2. The first-order chi connectivity index (χ1) is 11.4. The van der Waals surface area contributed by atoms with Gasteiger partial charge in [0.25, 0.3) is 5.92 Å². The molecule has 0 amide bonds. The van der Waals surface area contributed by atoms with Gasteiger partial charge in [-0.25, -0.2) is 0 Å². The molecular weight excluding hydrogens is 356 g/mol. The normalized spacial score (nSPS) is 28.5. The minimum Gasteiger partial charge on any atom is -0.363 e. The highest BCUT2D eigenvalue weighted by atomic mass is 35.5. The standard InChI is InChI=1S/C16H20ClF2N3OS/c1-10-11(7-20-21-10)8-22-4-2-15(3-5-22)14-12(6-13(17)24-14)16(18,19)9-23-15/h6,11,20H,2-5,7-9H2,1H3.